The zero-order valence-corrected chi connectivity index (χ0v) is 21.2. The zero-order chi connectivity index (χ0) is 25.8. The summed E-state index contributed by atoms with van der Waals surface area (Å²) in [7, 11) is 0. The second kappa shape index (κ2) is 11.0. The molecule has 1 aliphatic rings. The number of nitrogens with one attached hydrogen (secondary N) is 1. The van der Waals surface area contributed by atoms with E-state index in [1.807, 2.05) is 18.2 Å². The first-order valence-electron chi connectivity index (χ1n) is 12.3. The fourth-order valence-corrected chi connectivity index (χ4v) is 5.75. The Bertz CT molecular complexity index is 1440. The number of aryl methyl sites for hydroxylation is 1. The van der Waals surface area contributed by atoms with E-state index in [2.05, 4.69) is 10.3 Å². The summed E-state index contributed by atoms with van der Waals surface area (Å²) in [5.41, 5.74) is 3.36. The molecule has 2 aromatic carbocycles. The van der Waals surface area contributed by atoms with Gasteiger partial charge in [-0.05, 0) is 62.4 Å². The van der Waals surface area contributed by atoms with Crippen molar-refractivity contribution in [3.63, 3.8) is 0 Å². The Morgan fingerprint density at radius 3 is 2.59 bits per heavy atom. The SMILES string of the molecule is CCOC(=O)c1c(NC(=O)COC(=O)c2ccccc2-c2nc3ccccc3o2)sc2c1CCCCC2. The summed E-state index contributed by atoms with van der Waals surface area (Å²) < 4.78 is 16.4. The van der Waals surface area contributed by atoms with E-state index in [1.54, 1.807) is 37.3 Å². The van der Waals surface area contributed by atoms with Gasteiger partial charge in [-0.1, -0.05) is 30.7 Å². The maximum Gasteiger partial charge on any atom is 0.341 e. The van der Waals surface area contributed by atoms with Gasteiger partial charge < -0.3 is 19.2 Å². The van der Waals surface area contributed by atoms with Crippen LogP contribution in [0.2, 0.25) is 0 Å². The summed E-state index contributed by atoms with van der Waals surface area (Å²) >= 11 is 1.40. The minimum Gasteiger partial charge on any atom is -0.462 e. The Morgan fingerprint density at radius 1 is 0.973 bits per heavy atom. The monoisotopic (exact) mass is 518 g/mol. The molecule has 0 unspecified atom stereocenters. The lowest BCUT2D eigenvalue weighted by Gasteiger charge is -2.10. The van der Waals surface area contributed by atoms with Crippen LogP contribution in [0.25, 0.3) is 22.6 Å². The van der Waals surface area contributed by atoms with Gasteiger partial charge in [0.15, 0.2) is 12.2 Å². The molecular formula is C28H26N2O6S. The van der Waals surface area contributed by atoms with Crippen LogP contribution in [0.3, 0.4) is 0 Å². The quantitative estimate of drug-likeness (QED) is 0.243. The average molecular weight is 519 g/mol. The second-order valence-corrected chi connectivity index (χ2v) is 9.75. The van der Waals surface area contributed by atoms with E-state index in [0.29, 0.717) is 27.2 Å². The number of anilines is 1. The van der Waals surface area contributed by atoms with Crippen LogP contribution >= 0.6 is 11.3 Å². The molecular weight excluding hydrogens is 492 g/mol. The summed E-state index contributed by atoms with van der Waals surface area (Å²) in [5, 5.41) is 3.21. The first-order valence-corrected chi connectivity index (χ1v) is 13.1. The van der Waals surface area contributed by atoms with Crippen molar-refractivity contribution in [3.8, 4) is 11.5 Å². The van der Waals surface area contributed by atoms with Crippen LogP contribution in [-0.2, 0) is 27.1 Å². The molecule has 0 spiro atoms. The topological polar surface area (TPSA) is 108 Å². The van der Waals surface area contributed by atoms with Gasteiger partial charge >= 0.3 is 11.9 Å². The summed E-state index contributed by atoms with van der Waals surface area (Å²) in [4.78, 5) is 44.0. The van der Waals surface area contributed by atoms with Crippen LogP contribution < -0.4 is 5.32 Å². The minimum atomic E-state index is -0.680. The number of carbonyl (C=O) groups is 3. The van der Waals surface area contributed by atoms with E-state index in [1.165, 1.54) is 11.3 Å². The molecule has 2 heterocycles. The van der Waals surface area contributed by atoms with Crippen molar-refractivity contribution < 1.29 is 28.3 Å². The summed E-state index contributed by atoms with van der Waals surface area (Å²) in [6, 6.07) is 14.1. The van der Waals surface area contributed by atoms with E-state index in [9.17, 15) is 14.4 Å². The Balaban J connectivity index is 1.31. The third-order valence-electron chi connectivity index (χ3n) is 6.16. The molecule has 0 radical (unpaired) electrons. The standard InChI is InChI=1S/C28H26N2O6S/c1-2-34-28(33)24-19-12-4-3-5-15-22(19)37-26(24)30-23(31)16-35-27(32)18-11-7-6-10-17(18)25-29-20-13-8-9-14-21(20)36-25/h6-11,13-14H,2-5,12,15-16H2,1H3,(H,30,31). The molecule has 4 aromatic rings. The second-order valence-electron chi connectivity index (χ2n) is 8.65. The molecule has 1 N–H and O–H groups in total. The number of benzene rings is 2. The third kappa shape index (κ3) is 5.27. The number of oxazole rings is 1. The average Bonchev–Trinajstić information content (AvgIpc) is 3.41. The molecule has 0 saturated carbocycles. The van der Waals surface area contributed by atoms with Crippen LogP contribution in [0, 0.1) is 0 Å². The fourth-order valence-electron chi connectivity index (χ4n) is 4.46. The smallest absolute Gasteiger partial charge is 0.341 e. The number of amides is 1. The van der Waals surface area contributed by atoms with E-state index in [-0.39, 0.29) is 18.1 Å². The number of nitrogens with zero attached hydrogens (tertiary/aromatic N) is 1. The molecule has 1 aliphatic carbocycles. The van der Waals surface area contributed by atoms with Crippen LogP contribution in [0.15, 0.2) is 52.9 Å². The summed E-state index contributed by atoms with van der Waals surface area (Å²) in [5.74, 6) is -1.37. The van der Waals surface area contributed by atoms with Gasteiger partial charge in [0.25, 0.3) is 5.91 Å². The first-order chi connectivity index (χ1) is 18.0. The number of ether oxygens (including phenoxy) is 2. The van der Waals surface area contributed by atoms with Crippen molar-refractivity contribution in [2.75, 3.05) is 18.5 Å². The molecule has 5 rings (SSSR count). The highest BCUT2D eigenvalue weighted by atomic mass is 32.1. The van der Waals surface area contributed by atoms with E-state index in [4.69, 9.17) is 13.9 Å². The highest BCUT2D eigenvalue weighted by Gasteiger charge is 2.27. The molecule has 0 saturated heterocycles. The lowest BCUT2D eigenvalue weighted by Crippen LogP contribution is -2.22. The Labute approximate surface area is 217 Å². The highest BCUT2D eigenvalue weighted by molar-refractivity contribution is 7.17. The first kappa shape index (κ1) is 24.7. The summed E-state index contributed by atoms with van der Waals surface area (Å²) in [6.07, 6.45) is 4.77. The van der Waals surface area contributed by atoms with Gasteiger partial charge in [0.2, 0.25) is 5.89 Å². The molecule has 0 bridgehead atoms. The molecule has 190 valence electrons. The number of hydrogen-bond donors (Lipinski definition) is 1. The van der Waals surface area contributed by atoms with Gasteiger partial charge in [-0.15, -0.1) is 11.3 Å². The Hall–Kier alpha value is -3.98. The van der Waals surface area contributed by atoms with Crippen LogP contribution in [0.5, 0.6) is 0 Å². The van der Waals surface area contributed by atoms with Crippen molar-refractivity contribution in [1.29, 1.82) is 0 Å². The van der Waals surface area contributed by atoms with Gasteiger partial charge in [-0.25, -0.2) is 14.6 Å². The molecule has 2 aromatic heterocycles. The predicted molar refractivity (Wildman–Crippen MR) is 140 cm³/mol. The number of fused-ring (bicyclic) bond motifs is 2. The zero-order valence-electron chi connectivity index (χ0n) is 20.4. The lowest BCUT2D eigenvalue weighted by atomic mass is 10.1. The third-order valence-corrected chi connectivity index (χ3v) is 7.37. The molecule has 37 heavy (non-hydrogen) atoms. The van der Waals surface area contributed by atoms with Gasteiger partial charge in [0.1, 0.15) is 10.5 Å². The Morgan fingerprint density at radius 2 is 1.76 bits per heavy atom. The van der Waals surface area contributed by atoms with Crippen LogP contribution in [-0.4, -0.2) is 36.0 Å². The number of rotatable bonds is 7. The van der Waals surface area contributed by atoms with E-state index < -0.39 is 24.5 Å². The lowest BCUT2D eigenvalue weighted by molar-refractivity contribution is -0.119. The van der Waals surface area contributed by atoms with Gasteiger partial charge in [-0.3, -0.25) is 4.79 Å². The largest absolute Gasteiger partial charge is 0.462 e. The van der Waals surface area contributed by atoms with Gasteiger partial charge in [0, 0.05) is 4.88 Å². The Kier molecular flexibility index (Phi) is 7.32. The van der Waals surface area contributed by atoms with E-state index >= 15 is 0 Å². The van der Waals surface area contributed by atoms with Crippen molar-refractivity contribution in [3.05, 3.63) is 70.1 Å². The van der Waals surface area contributed by atoms with Crippen molar-refractivity contribution >= 4 is 45.3 Å². The fraction of sp³-hybridized carbons (Fsp3) is 0.286. The molecule has 8 nitrogen and oxygen atoms in total. The van der Waals surface area contributed by atoms with Gasteiger partial charge in [-0.2, -0.15) is 0 Å². The molecule has 0 aliphatic heterocycles. The molecule has 9 heteroatoms. The highest BCUT2D eigenvalue weighted by Crippen LogP contribution is 2.38. The number of thiophene rings is 1. The normalized spacial score (nSPS) is 13.0. The number of esters is 2. The van der Waals surface area contributed by atoms with Crippen molar-refractivity contribution in [1.82, 2.24) is 4.98 Å². The van der Waals surface area contributed by atoms with Gasteiger partial charge in [0.05, 0.1) is 23.3 Å². The van der Waals surface area contributed by atoms with Crippen molar-refractivity contribution in [2.24, 2.45) is 0 Å². The van der Waals surface area contributed by atoms with E-state index in [0.717, 1.165) is 42.5 Å². The number of aromatic nitrogens is 1. The number of carbonyl (C=O) groups excluding carboxylic acids is 3. The van der Waals surface area contributed by atoms with Crippen LogP contribution in [0.4, 0.5) is 5.00 Å². The number of hydrogen-bond acceptors (Lipinski definition) is 8. The molecule has 1 amide bonds. The van der Waals surface area contributed by atoms with Crippen molar-refractivity contribution in [2.45, 2.75) is 39.0 Å². The van der Waals surface area contributed by atoms with Crippen LogP contribution in [0.1, 0.15) is 57.3 Å². The maximum atomic E-state index is 12.9. The predicted octanol–water partition coefficient (Wildman–Crippen LogP) is 5.80. The molecule has 0 atom stereocenters. The summed E-state index contributed by atoms with van der Waals surface area (Å²) in [6.45, 7) is 1.48. The maximum absolute atomic E-state index is 12.9. The number of para-hydroxylation sites is 2. The molecule has 0 fully saturated rings. The minimum absolute atomic E-state index is 0.233.